The molecular formula is C15H24FNO. The Labute approximate surface area is 110 Å². The molecule has 18 heavy (non-hydrogen) atoms. The Kier molecular flexibility index (Phi) is 6.91. The van der Waals surface area contributed by atoms with Crippen molar-refractivity contribution in [3.05, 3.63) is 35.6 Å². The second kappa shape index (κ2) is 8.22. The van der Waals surface area contributed by atoms with Gasteiger partial charge in [-0.2, -0.15) is 0 Å². The highest BCUT2D eigenvalue weighted by molar-refractivity contribution is 5.20. The predicted octanol–water partition coefficient (Wildman–Crippen LogP) is 3.33. The molecule has 3 heteroatoms. The summed E-state index contributed by atoms with van der Waals surface area (Å²) in [6.45, 7) is 8.65. The van der Waals surface area contributed by atoms with Gasteiger partial charge in [-0.3, -0.25) is 0 Å². The Morgan fingerprint density at radius 1 is 1.22 bits per heavy atom. The van der Waals surface area contributed by atoms with Crippen molar-refractivity contribution in [2.45, 2.75) is 39.2 Å². The van der Waals surface area contributed by atoms with E-state index in [-0.39, 0.29) is 5.82 Å². The maximum absolute atomic E-state index is 12.9. The van der Waals surface area contributed by atoms with Crippen LogP contribution in [0.4, 0.5) is 4.39 Å². The van der Waals surface area contributed by atoms with E-state index < -0.39 is 0 Å². The molecule has 0 aliphatic rings. The van der Waals surface area contributed by atoms with Gasteiger partial charge in [0, 0.05) is 25.8 Å². The molecule has 1 N–H and O–H groups in total. The molecule has 1 unspecified atom stereocenters. The van der Waals surface area contributed by atoms with Crippen LogP contribution in [-0.2, 0) is 4.74 Å². The molecule has 0 saturated heterocycles. The average Bonchev–Trinajstić information content (AvgIpc) is 2.34. The van der Waals surface area contributed by atoms with Crippen molar-refractivity contribution in [2.75, 3.05) is 19.8 Å². The average molecular weight is 253 g/mol. The molecule has 1 aromatic carbocycles. The van der Waals surface area contributed by atoms with Crippen LogP contribution in [0.1, 0.15) is 38.7 Å². The molecule has 0 saturated carbocycles. The van der Waals surface area contributed by atoms with E-state index in [1.165, 1.54) is 17.7 Å². The van der Waals surface area contributed by atoms with Gasteiger partial charge in [-0.05, 0) is 37.0 Å². The second-order valence-corrected chi connectivity index (χ2v) is 4.80. The van der Waals surface area contributed by atoms with Crippen LogP contribution in [0.2, 0.25) is 0 Å². The molecule has 0 amide bonds. The van der Waals surface area contributed by atoms with Crippen molar-refractivity contribution in [3.63, 3.8) is 0 Å². The van der Waals surface area contributed by atoms with Crippen LogP contribution in [0.15, 0.2) is 24.3 Å². The van der Waals surface area contributed by atoms with Crippen LogP contribution in [0, 0.1) is 5.82 Å². The SMILES string of the molecule is CCOCCC(CNC(C)C)c1ccc(F)cc1. The third kappa shape index (κ3) is 5.61. The number of rotatable bonds is 8. The summed E-state index contributed by atoms with van der Waals surface area (Å²) < 4.78 is 18.3. The molecule has 2 nitrogen and oxygen atoms in total. The molecular weight excluding hydrogens is 229 g/mol. The first kappa shape index (κ1) is 15.1. The van der Waals surface area contributed by atoms with Crippen LogP contribution in [0.3, 0.4) is 0 Å². The minimum Gasteiger partial charge on any atom is -0.382 e. The number of benzene rings is 1. The maximum atomic E-state index is 12.9. The minimum atomic E-state index is -0.181. The van der Waals surface area contributed by atoms with E-state index in [4.69, 9.17) is 4.74 Å². The number of hydrogen-bond donors (Lipinski definition) is 1. The first-order valence-electron chi connectivity index (χ1n) is 6.70. The first-order valence-corrected chi connectivity index (χ1v) is 6.70. The largest absolute Gasteiger partial charge is 0.382 e. The van der Waals surface area contributed by atoms with Gasteiger partial charge in [-0.15, -0.1) is 0 Å². The molecule has 0 radical (unpaired) electrons. The third-order valence-corrected chi connectivity index (χ3v) is 2.93. The van der Waals surface area contributed by atoms with Gasteiger partial charge in [0.25, 0.3) is 0 Å². The van der Waals surface area contributed by atoms with Crippen LogP contribution in [0.5, 0.6) is 0 Å². The highest BCUT2D eigenvalue weighted by Gasteiger charge is 2.12. The van der Waals surface area contributed by atoms with E-state index in [9.17, 15) is 4.39 Å². The van der Waals surface area contributed by atoms with Gasteiger partial charge in [-0.1, -0.05) is 26.0 Å². The fraction of sp³-hybridized carbons (Fsp3) is 0.600. The Morgan fingerprint density at radius 3 is 2.44 bits per heavy atom. The van der Waals surface area contributed by atoms with E-state index in [2.05, 4.69) is 19.2 Å². The summed E-state index contributed by atoms with van der Waals surface area (Å²) in [7, 11) is 0. The minimum absolute atomic E-state index is 0.181. The lowest BCUT2D eigenvalue weighted by molar-refractivity contribution is 0.139. The molecule has 0 aliphatic carbocycles. The highest BCUT2D eigenvalue weighted by Crippen LogP contribution is 2.19. The zero-order chi connectivity index (χ0) is 13.4. The van der Waals surface area contributed by atoms with Gasteiger partial charge in [-0.25, -0.2) is 4.39 Å². The van der Waals surface area contributed by atoms with Crippen LogP contribution >= 0.6 is 0 Å². The molecule has 0 aromatic heterocycles. The maximum Gasteiger partial charge on any atom is 0.123 e. The summed E-state index contributed by atoms with van der Waals surface area (Å²) in [5.74, 6) is 0.193. The Hall–Kier alpha value is -0.930. The first-order chi connectivity index (χ1) is 8.63. The third-order valence-electron chi connectivity index (χ3n) is 2.93. The second-order valence-electron chi connectivity index (χ2n) is 4.80. The Bertz CT molecular complexity index is 324. The fourth-order valence-corrected chi connectivity index (χ4v) is 1.87. The Morgan fingerprint density at radius 2 is 1.89 bits per heavy atom. The monoisotopic (exact) mass is 253 g/mol. The van der Waals surface area contributed by atoms with Gasteiger partial charge >= 0.3 is 0 Å². The van der Waals surface area contributed by atoms with Crippen molar-refractivity contribution in [1.82, 2.24) is 5.32 Å². The van der Waals surface area contributed by atoms with Gasteiger partial charge in [0.2, 0.25) is 0 Å². The molecule has 0 spiro atoms. The van der Waals surface area contributed by atoms with Gasteiger partial charge in [0.15, 0.2) is 0 Å². The van der Waals surface area contributed by atoms with Crippen molar-refractivity contribution in [1.29, 1.82) is 0 Å². The van der Waals surface area contributed by atoms with Crippen molar-refractivity contribution < 1.29 is 9.13 Å². The topological polar surface area (TPSA) is 21.3 Å². The lowest BCUT2D eigenvalue weighted by atomic mass is 9.95. The van der Waals surface area contributed by atoms with E-state index in [1.54, 1.807) is 0 Å². The van der Waals surface area contributed by atoms with Crippen molar-refractivity contribution in [3.8, 4) is 0 Å². The summed E-state index contributed by atoms with van der Waals surface area (Å²) in [5.41, 5.74) is 1.17. The number of ether oxygens (including phenoxy) is 1. The van der Waals surface area contributed by atoms with Gasteiger partial charge in [0.05, 0.1) is 0 Å². The number of halogens is 1. The summed E-state index contributed by atoms with van der Waals surface area (Å²) in [6.07, 6.45) is 0.958. The summed E-state index contributed by atoms with van der Waals surface area (Å²) in [6, 6.07) is 7.25. The lowest BCUT2D eigenvalue weighted by Crippen LogP contribution is -2.28. The zero-order valence-electron chi connectivity index (χ0n) is 11.6. The normalized spacial score (nSPS) is 12.9. The molecule has 0 heterocycles. The van der Waals surface area contributed by atoms with Crippen LogP contribution in [0.25, 0.3) is 0 Å². The summed E-state index contributed by atoms with van der Waals surface area (Å²) >= 11 is 0. The standard InChI is InChI=1S/C15H24FNO/c1-4-18-10-9-14(11-17-12(2)3)13-5-7-15(16)8-6-13/h5-8,12,14,17H,4,9-11H2,1-3H3. The van der Waals surface area contributed by atoms with Gasteiger partial charge < -0.3 is 10.1 Å². The van der Waals surface area contributed by atoms with E-state index in [1.807, 2.05) is 19.1 Å². The zero-order valence-corrected chi connectivity index (χ0v) is 11.6. The predicted molar refractivity (Wildman–Crippen MR) is 73.4 cm³/mol. The molecule has 0 fully saturated rings. The molecule has 0 aliphatic heterocycles. The smallest absolute Gasteiger partial charge is 0.123 e. The molecule has 1 rings (SSSR count). The molecule has 0 bridgehead atoms. The number of hydrogen-bond acceptors (Lipinski definition) is 2. The van der Waals surface area contributed by atoms with Crippen molar-refractivity contribution >= 4 is 0 Å². The van der Waals surface area contributed by atoms with Crippen LogP contribution < -0.4 is 5.32 Å². The summed E-state index contributed by atoms with van der Waals surface area (Å²) in [4.78, 5) is 0. The molecule has 1 atom stereocenters. The Balaban J connectivity index is 2.60. The van der Waals surface area contributed by atoms with E-state index in [0.717, 1.165) is 26.2 Å². The quantitative estimate of drug-likeness (QED) is 0.717. The highest BCUT2D eigenvalue weighted by atomic mass is 19.1. The van der Waals surface area contributed by atoms with Gasteiger partial charge in [0.1, 0.15) is 5.82 Å². The molecule has 1 aromatic rings. The lowest BCUT2D eigenvalue weighted by Gasteiger charge is -2.19. The molecule has 102 valence electrons. The number of nitrogens with one attached hydrogen (secondary N) is 1. The van der Waals surface area contributed by atoms with E-state index >= 15 is 0 Å². The van der Waals surface area contributed by atoms with Crippen LogP contribution in [-0.4, -0.2) is 25.8 Å². The summed E-state index contributed by atoms with van der Waals surface area (Å²) in [5, 5.41) is 3.44. The van der Waals surface area contributed by atoms with E-state index in [0.29, 0.717) is 12.0 Å². The fourth-order valence-electron chi connectivity index (χ4n) is 1.87. The van der Waals surface area contributed by atoms with Crippen molar-refractivity contribution in [2.24, 2.45) is 0 Å².